The highest BCUT2D eigenvalue weighted by Crippen LogP contribution is 2.51. The standard InChI is InChI=1S/C14H24F3N3O2.HI/c1-13(2)10(8-5-4-6-22-11(8)13)20-12(18-3)19-7-9(21)14(15,16)17;/h8-11,21H,4-7H2,1-3H3,(H2,18,19,20);1H. The van der Waals surface area contributed by atoms with Crippen LogP contribution in [0.1, 0.15) is 26.7 Å². The molecule has 4 unspecified atom stereocenters. The summed E-state index contributed by atoms with van der Waals surface area (Å²) in [5.41, 5.74) is -0.106. The Morgan fingerprint density at radius 2 is 2.09 bits per heavy atom. The molecule has 23 heavy (non-hydrogen) atoms. The lowest BCUT2D eigenvalue weighted by Gasteiger charge is -2.60. The van der Waals surface area contributed by atoms with Gasteiger partial charge in [0.25, 0.3) is 0 Å². The quantitative estimate of drug-likeness (QED) is 0.349. The van der Waals surface area contributed by atoms with E-state index in [4.69, 9.17) is 9.84 Å². The molecule has 1 aliphatic heterocycles. The Balaban J connectivity index is 0.00000264. The third-order valence-corrected chi connectivity index (χ3v) is 4.69. The summed E-state index contributed by atoms with van der Waals surface area (Å²) in [6.07, 6.45) is -4.84. The molecule has 1 saturated carbocycles. The van der Waals surface area contributed by atoms with E-state index in [1.807, 2.05) is 0 Å². The summed E-state index contributed by atoms with van der Waals surface area (Å²) in [6, 6.07) is 0.0898. The maximum Gasteiger partial charge on any atom is 0.416 e. The predicted molar refractivity (Wildman–Crippen MR) is 92.0 cm³/mol. The Morgan fingerprint density at radius 3 is 2.65 bits per heavy atom. The van der Waals surface area contributed by atoms with Crippen LogP contribution in [0.5, 0.6) is 0 Å². The summed E-state index contributed by atoms with van der Waals surface area (Å²) in [6.45, 7) is 4.30. The Labute approximate surface area is 151 Å². The Hall–Kier alpha value is -0.290. The molecule has 1 saturated heterocycles. The van der Waals surface area contributed by atoms with Crippen molar-refractivity contribution in [2.45, 2.75) is 51.1 Å². The van der Waals surface area contributed by atoms with Crippen LogP contribution in [0, 0.1) is 11.3 Å². The minimum atomic E-state index is -4.64. The van der Waals surface area contributed by atoms with Crippen molar-refractivity contribution in [1.82, 2.24) is 10.6 Å². The average Bonchev–Trinajstić information content (AvgIpc) is 2.46. The molecule has 3 N–H and O–H groups in total. The van der Waals surface area contributed by atoms with Crippen LogP contribution >= 0.6 is 24.0 Å². The van der Waals surface area contributed by atoms with Crippen LogP contribution in [0.4, 0.5) is 13.2 Å². The van der Waals surface area contributed by atoms with E-state index in [9.17, 15) is 13.2 Å². The highest BCUT2D eigenvalue weighted by atomic mass is 127. The van der Waals surface area contributed by atoms with Crippen LogP contribution in [0.15, 0.2) is 4.99 Å². The van der Waals surface area contributed by atoms with Gasteiger partial charge >= 0.3 is 6.18 Å². The molecule has 2 fully saturated rings. The highest BCUT2D eigenvalue weighted by molar-refractivity contribution is 14.0. The van der Waals surface area contributed by atoms with E-state index in [0.29, 0.717) is 5.92 Å². The van der Waals surface area contributed by atoms with Gasteiger partial charge in [-0.1, -0.05) is 13.8 Å². The van der Waals surface area contributed by atoms with Gasteiger partial charge in [0, 0.05) is 31.0 Å². The first-order valence-corrected chi connectivity index (χ1v) is 7.51. The second kappa shape index (κ2) is 7.73. The average molecular weight is 451 g/mol. The van der Waals surface area contributed by atoms with E-state index in [0.717, 1.165) is 19.4 Å². The smallest absolute Gasteiger partial charge is 0.382 e. The van der Waals surface area contributed by atoms with Gasteiger partial charge in [0.2, 0.25) is 0 Å². The summed E-state index contributed by atoms with van der Waals surface area (Å²) in [4.78, 5) is 3.94. The fraction of sp³-hybridized carbons (Fsp3) is 0.929. The number of aliphatic imine (C=N–C) groups is 1. The van der Waals surface area contributed by atoms with E-state index in [-0.39, 0.29) is 47.5 Å². The molecule has 2 aliphatic rings. The minimum absolute atomic E-state index is 0. The fourth-order valence-corrected chi connectivity index (χ4v) is 3.47. The topological polar surface area (TPSA) is 65.9 Å². The molecule has 1 heterocycles. The summed E-state index contributed by atoms with van der Waals surface area (Å²) in [7, 11) is 1.50. The molecule has 0 amide bonds. The van der Waals surface area contributed by atoms with Gasteiger partial charge in [-0.2, -0.15) is 13.2 Å². The van der Waals surface area contributed by atoms with Crippen LogP contribution in [-0.2, 0) is 4.74 Å². The van der Waals surface area contributed by atoms with Crippen molar-refractivity contribution in [2.24, 2.45) is 16.3 Å². The first-order valence-electron chi connectivity index (χ1n) is 7.51. The molecule has 0 radical (unpaired) electrons. The third kappa shape index (κ3) is 4.41. The first-order chi connectivity index (χ1) is 10.2. The lowest BCUT2D eigenvalue weighted by atomic mass is 9.55. The van der Waals surface area contributed by atoms with Crippen molar-refractivity contribution in [1.29, 1.82) is 0 Å². The van der Waals surface area contributed by atoms with Crippen LogP contribution in [0.2, 0.25) is 0 Å². The SMILES string of the molecule is CN=C(NCC(O)C(F)(F)F)NC1C2CCCOC2C1(C)C.I. The van der Waals surface area contributed by atoms with E-state index in [2.05, 4.69) is 29.5 Å². The number of hydrogen-bond acceptors (Lipinski definition) is 3. The van der Waals surface area contributed by atoms with E-state index >= 15 is 0 Å². The predicted octanol–water partition coefficient (Wildman–Crippen LogP) is 1.90. The molecule has 4 atom stereocenters. The number of guanidine groups is 1. The number of aliphatic hydroxyl groups is 1. The summed E-state index contributed by atoms with van der Waals surface area (Å²) >= 11 is 0. The van der Waals surface area contributed by atoms with Crippen molar-refractivity contribution in [3.05, 3.63) is 0 Å². The lowest BCUT2D eigenvalue weighted by Crippen LogP contribution is -2.71. The summed E-state index contributed by atoms with van der Waals surface area (Å²) in [5, 5.41) is 14.8. The van der Waals surface area contributed by atoms with E-state index < -0.39 is 18.8 Å². The fourth-order valence-electron chi connectivity index (χ4n) is 3.47. The van der Waals surface area contributed by atoms with Gasteiger partial charge < -0.3 is 20.5 Å². The number of rotatable bonds is 3. The number of nitrogens with zero attached hydrogens (tertiary/aromatic N) is 1. The molecule has 0 aromatic heterocycles. The van der Waals surface area contributed by atoms with Gasteiger partial charge in [-0.05, 0) is 12.8 Å². The largest absolute Gasteiger partial charge is 0.416 e. The van der Waals surface area contributed by atoms with Gasteiger partial charge in [0.15, 0.2) is 12.1 Å². The number of fused-ring (bicyclic) bond motifs is 1. The maximum atomic E-state index is 12.3. The number of ether oxygens (including phenoxy) is 1. The number of halogens is 4. The Bertz CT molecular complexity index is 432. The normalized spacial score (nSPS) is 31.3. The zero-order valence-electron chi connectivity index (χ0n) is 13.5. The number of alkyl halides is 3. The number of aliphatic hydroxyl groups excluding tert-OH is 1. The summed E-state index contributed by atoms with van der Waals surface area (Å²) in [5.74, 6) is 0.611. The van der Waals surface area contributed by atoms with Crippen LogP contribution in [0.25, 0.3) is 0 Å². The molecule has 136 valence electrons. The zero-order chi connectivity index (χ0) is 16.5. The minimum Gasteiger partial charge on any atom is -0.382 e. The highest BCUT2D eigenvalue weighted by Gasteiger charge is 2.58. The number of nitrogens with one attached hydrogen (secondary N) is 2. The Kier molecular flexibility index (Phi) is 6.97. The second-order valence-corrected chi connectivity index (χ2v) is 6.55. The molecule has 0 aromatic rings. The first kappa shape index (κ1) is 20.8. The van der Waals surface area contributed by atoms with Gasteiger partial charge in [-0.25, -0.2) is 0 Å². The molecular formula is C14H25F3IN3O2. The van der Waals surface area contributed by atoms with E-state index in [1.165, 1.54) is 7.05 Å². The Morgan fingerprint density at radius 1 is 1.43 bits per heavy atom. The van der Waals surface area contributed by atoms with Crippen molar-refractivity contribution in [3.63, 3.8) is 0 Å². The second-order valence-electron chi connectivity index (χ2n) is 6.55. The van der Waals surface area contributed by atoms with Crippen molar-refractivity contribution < 1.29 is 23.0 Å². The van der Waals surface area contributed by atoms with Crippen molar-refractivity contribution in [3.8, 4) is 0 Å². The van der Waals surface area contributed by atoms with Crippen molar-refractivity contribution >= 4 is 29.9 Å². The molecule has 0 spiro atoms. The molecule has 0 aromatic carbocycles. The van der Waals surface area contributed by atoms with Gasteiger partial charge in [-0.3, -0.25) is 4.99 Å². The number of hydrogen-bond donors (Lipinski definition) is 3. The molecule has 5 nitrogen and oxygen atoms in total. The van der Waals surface area contributed by atoms with Gasteiger partial charge in [-0.15, -0.1) is 24.0 Å². The molecule has 1 aliphatic carbocycles. The molecular weight excluding hydrogens is 426 g/mol. The van der Waals surface area contributed by atoms with Crippen LogP contribution in [0.3, 0.4) is 0 Å². The van der Waals surface area contributed by atoms with Crippen LogP contribution in [-0.4, -0.2) is 55.7 Å². The van der Waals surface area contributed by atoms with Crippen molar-refractivity contribution in [2.75, 3.05) is 20.2 Å². The lowest BCUT2D eigenvalue weighted by molar-refractivity contribution is -0.201. The third-order valence-electron chi connectivity index (χ3n) is 4.69. The van der Waals surface area contributed by atoms with E-state index in [1.54, 1.807) is 0 Å². The summed E-state index contributed by atoms with van der Waals surface area (Å²) < 4.78 is 42.8. The zero-order valence-corrected chi connectivity index (χ0v) is 15.8. The maximum absolute atomic E-state index is 12.3. The molecule has 0 bridgehead atoms. The van der Waals surface area contributed by atoms with Crippen LogP contribution < -0.4 is 10.6 Å². The van der Waals surface area contributed by atoms with Gasteiger partial charge in [0.1, 0.15) is 0 Å². The molecule has 2 rings (SSSR count). The van der Waals surface area contributed by atoms with Gasteiger partial charge in [0.05, 0.1) is 12.6 Å². The monoisotopic (exact) mass is 451 g/mol. The molecule has 9 heteroatoms.